The maximum atomic E-state index is 2.49. The molecule has 0 spiro atoms. The summed E-state index contributed by atoms with van der Waals surface area (Å²) in [7, 11) is 0. The molecule has 3 nitrogen and oxygen atoms in total. The highest BCUT2D eigenvalue weighted by atomic mass is 15.2. The van der Waals surface area contributed by atoms with Crippen LogP contribution in [-0.2, 0) is 0 Å². The van der Waals surface area contributed by atoms with Gasteiger partial charge in [-0.25, -0.2) is 0 Å². The summed E-state index contributed by atoms with van der Waals surface area (Å²) in [4.78, 5) is 7.48. The van der Waals surface area contributed by atoms with E-state index in [1.54, 1.807) is 0 Å². The number of fused-ring (bicyclic) bond motifs is 15. The molecule has 3 aliphatic rings. The Kier molecular flexibility index (Phi) is 7.91. The predicted octanol–water partition coefficient (Wildman–Crippen LogP) is 17.0. The lowest BCUT2D eigenvalue weighted by Crippen LogP contribution is -2.17. The summed E-state index contributed by atoms with van der Waals surface area (Å²) < 4.78 is 0. The zero-order chi connectivity index (χ0) is 41.4. The summed E-state index contributed by atoms with van der Waals surface area (Å²) in [5.41, 5.74) is 24.5. The highest BCUT2D eigenvalue weighted by molar-refractivity contribution is 6.07. The van der Waals surface area contributed by atoms with Gasteiger partial charge in [-0.05, 0) is 88.0 Å². The molecule has 10 aromatic carbocycles. The fraction of sp³-hybridized carbons (Fsp3) is 0. The Hall–Kier alpha value is -8.40. The van der Waals surface area contributed by atoms with E-state index in [4.69, 9.17) is 0 Å². The van der Waals surface area contributed by atoms with E-state index in [1.807, 2.05) is 0 Å². The second-order valence-electron chi connectivity index (χ2n) is 16.5. The topological polar surface area (TPSA) is 9.72 Å². The molecule has 0 bridgehead atoms. The van der Waals surface area contributed by atoms with Crippen molar-refractivity contribution < 1.29 is 0 Å². The number of benzene rings is 10. The van der Waals surface area contributed by atoms with Crippen molar-refractivity contribution in [3.8, 4) is 66.8 Å². The first-order chi connectivity index (χ1) is 31.3. The van der Waals surface area contributed by atoms with Crippen molar-refractivity contribution in [2.75, 3.05) is 14.7 Å². The second-order valence-corrected chi connectivity index (χ2v) is 16.5. The first kappa shape index (κ1) is 35.4. The van der Waals surface area contributed by atoms with Gasteiger partial charge in [0.2, 0.25) is 0 Å². The van der Waals surface area contributed by atoms with Crippen molar-refractivity contribution in [2.24, 2.45) is 0 Å². The van der Waals surface area contributed by atoms with Gasteiger partial charge in [0, 0.05) is 33.4 Å². The van der Waals surface area contributed by atoms with Crippen LogP contribution in [0.5, 0.6) is 0 Å². The third-order valence-electron chi connectivity index (χ3n) is 13.1. The Morgan fingerprint density at radius 1 is 0.159 bits per heavy atom. The normalized spacial score (nSPS) is 12.7. The number of para-hydroxylation sites is 6. The van der Waals surface area contributed by atoms with Gasteiger partial charge in [-0.15, -0.1) is 0 Å². The van der Waals surface area contributed by atoms with Gasteiger partial charge in [-0.2, -0.15) is 0 Å². The molecule has 0 aromatic heterocycles. The lowest BCUT2D eigenvalue weighted by atomic mass is 9.95. The standard InChI is InChI=1S/C60H39N3/c1-2-20-44-43(19-1)49-25-7-13-31-55(49)61(56-32-14-8-26-50(44)56)40-37-41(62-57-33-15-9-27-51(57)45-21-3-4-22-46(45)52-28-10-16-34-58(52)62)39-42(38-40)63-59-35-17-11-29-53(59)47-23-5-6-24-48(47)54-30-12-18-36-60(54)63/h1-39H. The van der Waals surface area contributed by atoms with Crippen LogP contribution >= 0.6 is 0 Å². The van der Waals surface area contributed by atoms with Gasteiger partial charge < -0.3 is 14.7 Å². The van der Waals surface area contributed by atoms with Gasteiger partial charge in [-0.1, -0.05) is 182 Å². The van der Waals surface area contributed by atoms with Gasteiger partial charge in [0.05, 0.1) is 51.2 Å². The fourth-order valence-electron chi connectivity index (χ4n) is 10.4. The highest BCUT2D eigenvalue weighted by Gasteiger charge is 2.32. The van der Waals surface area contributed by atoms with Crippen LogP contribution < -0.4 is 14.7 Å². The third-order valence-corrected chi connectivity index (χ3v) is 13.1. The number of hydrogen-bond acceptors (Lipinski definition) is 3. The average molecular weight is 802 g/mol. The minimum Gasteiger partial charge on any atom is -0.309 e. The van der Waals surface area contributed by atoms with Crippen molar-refractivity contribution >= 4 is 51.2 Å². The number of anilines is 9. The number of hydrogen-bond donors (Lipinski definition) is 0. The summed E-state index contributed by atoms with van der Waals surface area (Å²) in [5, 5.41) is 0. The van der Waals surface area contributed by atoms with Crippen LogP contribution in [-0.4, -0.2) is 0 Å². The number of rotatable bonds is 3. The van der Waals surface area contributed by atoms with Gasteiger partial charge in [-0.3, -0.25) is 0 Å². The first-order valence-electron chi connectivity index (χ1n) is 21.7. The Labute approximate surface area is 367 Å². The Morgan fingerprint density at radius 3 is 0.476 bits per heavy atom. The molecule has 0 amide bonds. The Bertz CT molecular complexity index is 2880. The minimum atomic E-state index is 1.06. The molecule has 0 unspecified atom stereocenters. The maximum Gasteiger partial charge on any atom is 0.0540 e. The van der Waals surface area contributed by atoms with E-state index in [-0.39, 0.29) is 0 Å². The average Bonchev–Trinajstić information content (AvgIpc) is 3.63. The molecule has 0 fully saturated rings. The molecule has 3 aliphatic heterocycles. The monoisotopic (exact) mass is 801 g/mol. The van der Waals surface area contributed by atoms with Gasteiger partial charge >= 0.3 is 0 Å². The predicted molar refractivity (Wildman–Crippen MR) is 264 cm³/mol. The van der Waals surface area contributed by atoms with Crippen LogP contribution in [0.2, 0.25) is 0 Å². The van der Waals surface area contributed by atoms with E-state index in [2.05, 4.69) is 251 Å². The summed E-state index contributed by atoms with van der Waals surface area (Å²) in [5.74, 6) is 0. The van der Waals surface area contributed by atoms with Crippen molar-refractivity contribution in [3.05, 3.63) is 237 Å². The SMILES string of the molecule is c1ccc2c(c1)-c1ccccc1N(c1cc(N3c4ccccc4-c4ccccc4-c4ccccc43)cc(N3c4ccccc4-c4ccccc4-c4ccccc43)c1)c1ccccc1-2. The molecule has 0 saturated heterocycles. The molecule has 3 heterocycles. The summed E-state index contributed by atoms with van der Waals surface area (Å²) in [6.45, 7) is 0. The lowest BCUT2D eigenvalue weighted by Gasteiger charge is -2.34. The van der Waals surface area contributed by atoms with Crippen molar-refractivity contribution in [1.82, 2.24) is 0 Å². The third kappa shape index (κ3) is 5.40. The molecular formula is C60H39N3. The van der Waals surface area contributed by atoms with E-state index in [0.717, 1.165) is 51.2 Å². The van der Waals surface area contributed by atoms with Crippen LogP contribution in [0.1, 0.15) is 0 Å². The zero-order valence-electron chi connectivity index (χ0n) is 34.4. The molecule has 294 valence electrons. The Balaban J connectivity index is 1.16. The Morgan fingerprint density at radius 2 is 0.302 bits per heavy atom. The van der Waals surface area contributed by atoms with Crippen LogP contribution in [0.25, 0.3) is 66.8 Å². The van der Waals surface area contributed by atoms with Crippen LogP contribution in [0, 0.1) is 0 Å². The van der Waals surface area contributed by atoms with E-state index >= 15 is 0 Å². The molecule has 10 aromatic rings. The van der Waals surface area contributed by atoms with Gasteiger partial charge in [0.25, 0.3) is 0 Å². The van der Waals surface area contributed by atoms with Crippen molar-refractivity contribution in [3.63, 3.8) is 0 Å². The quantitative estimate of drug-likeness (QED) is 0.176. The second kappa shape index (κ2) is 14.1. The van der Waals surface area contributed by atoms with Crippen LogP contribution in [0.4, 0.5) is 51.2 Å². The fourth-order valence-corrected chi connectivity index (χ4v) is 10.4. The van der Waals surface area contributed by atoms with Crippen molar-refractivity contribution in [1.29, 1.82) is 0 Å². The highest BCUT2D eigenvalue weighted by Crippen LogP contribution is 2.57. The van der Waals surface area contributed by atoms with Crippen molar-refractivity contribution in [2.45, 2.75) is 0 Å². The molecule has 63 heavy (non-hydrogen) atoms. The van der Waals surface area contributed by atoms with E-state index < -0.39 is 0 Å². The molecule has 13 rings (SSSR count). The maximum absolute atomic E-state index is 2.49. The molecular weight excluding hydrogens is 763 g/mol. The minimum absolute atomic E-state index is 1.06. The summed E-state index contributed by atoms with van der Waals surface area (Å²) >= 11 is 0. The molecule has 0 saturated carbocycles. The van der Waals surface area contributed by atoms with Crippen LogP contribution in [0.3, 0.4) is 0 Å². The van der Waals surface area contributed by atoms with E-state index in [1.165, 1.54) is 66.8 Å². The van der Waals surface area contributed by atoms with Gasteiger partial charge in [0.1, 0.15) is 0 Å². The van der Waals surface area contributed by atoms with E-state index in [0.29, 0.717) is 0 Å². The molecule has 0 atom stereocenters. The lowest BCUT2D eigenvalue weighted by molar-refractivity contribution is 1.23. The molecule has 0 radical (unpaired) electrons. The van der Waals surface area contributed by atoms with Gasteiger partial charge in [0.15, 0.2) is 0 Å². The van der Waals surface area contributed by atoms with Crippen LogP contribution in [0.15, 0.2) is 237 Å². The first-order valence-corrected chi connectivity index (χ1v) is 21.7. The summed E-state index contributed by atoms with van der Waals surface area (Å²) in [6.07, 6.45) is 0. The van der Waals surface area contributed by atoms with E-state index in [9.17, 15) is 0 Å². The molecule has 0 aliphatic carbocycles. The summed E-state index contributed by atoms with van der Waals surface area (Å²) in [6, 6.07) is 87.1. The largest absolute Gasteiger partial charge is 0.309 e. The number of nitrogens with zero attached hydrogens (tertiary/aromatic N) is 3. The molecule has 3 heteroatoms. The smallest absolute Gasteiger partial charge is 0.0540 e. The molecule has 0 N–H and O–H groups in total. The zero-order valence-corrected chi connectivity index (χ0v) is 34.4.